The van der Waals surface area contributed by atoms with Crippen LogP contribution >= 0.6 is 0 Å². The normalized spacial score (nSPS) is 12.7. The van der Waals surface area contributed by atoms with Gasteiger partial charge in [0.25, 0.3) is 15.9 Å². The van der Waals surface area contributed by atoms with Crippen LogP contribution in [-0.4, -0.2) is 20.4 Å². The van der Waals surface area contributed by atoms with Crippen LogP contribution in [-0.2, 0) is 10.0 Å². The highest BCUT2D eigenvalue weighted by atomic mass is 32.2. The van der Waals surface area contributed by atoms with Crippen molar-refractivity contribution in [1.29, 1.82) is 0 Å². The summed E-state index contributed by atoms with van der Waals surface area (Å²) in [6.07, 6.45) is 0.803. The Morgan fingerprint density at radius 3 is 2.27 bits per heavy atom. The van der Waals surface area contributed by atoms with Crippen LogP contribution in [0.1, 0.15) is 56.0 Å². The monoisotopic (exact) mass is 374 g/mol. The largest absolute Gasteiger partial charge is 0.350 e. The zero-order chi connectivity index (χ0) is 19.3. The maximum atomic E-state index is 12.6. The van der Waals surface area contributed by atoms with Crippen LogP contribution in [0.15, 0.2) is 53.4 Å². The van der Waals surface area contributed by atoms with E-state index in [-0.39, 0.29) is 16.8 Å². The first-order chi connectivity index (χ1) is 12.2. The molecule has 1 atom stereocenters. The fourth-order valence-electron chi connectivity index (χ4n) is 2.36. The van der Waals surface area contributed by atoms with E-state index in [1.807, 2.05) is 26.0 Å². The standard InChI is InChI=1S/C20H26N2O3S/c1-5-15(4)21-20(23)17-7-6-8-19(13-17)26(24,25)22-18-11-9-16(10-12-18)14(2)3/h6-15,22H,5H2,1-4H3,(H,21,23). The summed E-state index contributed by atoms with van der Waals surface area (Å²) in [5, 5.41) is 2.84. The van der Waals surface area contributed by atoms with Gasteiger partial charge in [0.15, 0.2) is 0 Å². The van der Waals surface area contributed by atoms with Crippen LogP contribution in [0.4, 0.5) is 5.69 Å². The van der Waals surface area contributed by atoms with Gasteiger partial charge in [-0.2, -0.15) is 0 Å². The molecule has 0 saturated heterocycles. The van der Waals surface area contributed by atoms with Crippen molar-refractivity contribution >= 4 is 21.6 Å². The summed E-state index contributed by atoms with van der Waals surface area (Å²) < 4.78 is 27.8. The van der Waals surface area contributed by atoms with Gasteiger partial charge in [0, 0.05) is 17.3 Å². The number of carbonyl (C=O) groups is 1. The van der Waals surface area contributed by atoms with Crippen molar-refractivity contribution in [3.8, 4) is 0 Å². The van der Waals surface area contributed by atoms with Crippen molar-refractivity contribution in [2.45, 2.75) is 51.0 Å². The minimum atomic E-state index is -3.77. The summed E-state index contributed by atoms with van der Waals surface area (Å²) in [6.45, 7) is 8.03. The Morgan fingerprint density at radius 1 is 1.04 bits per heavy atom. The van der Waals surface area contributed by atoms with Gasteiger partial charge in [0.1, 0.15) is 0 Å². The quantitative estimate of drug-likeness (QED) is 0.765. The SMILES string of the molecule is CCC(C)NC(=O)c1cccc(S(=O)(=O)Nc2ccc(C(C)C)cc2)c1. The van der Waals surface area contributed by atoms with E-state index in [1.165, 1.54) is 12.1 Å². The van der Waals surface area contributed by atoms with Crippen LogP contribution in [0.25, 0.3) is 0 Å². The van der Waals surface area contributed by atoms with Crippen LogP contribution in [0.2, 0.25) is 0 Å². The lowest BCUT2D eigenvalue weighted by Crippen LogP contribution is -2.32. The van der Waals surface area contributed by atoms with Gasteiger partial charge in [-0.05, 0) is 55.2 Å². The van der Waals surface area contributed by atoms with E-state index >= 15 is 0 Å². The van der Waals surface area contributed by atoms with Crippen LogP contribution in [0, 0.1) is 0 Å². The van der Waals surface area contributed by atoms with Crippen molar-refractivity contribution in [2.75, 3.05) is 4.72 Å². The third kappa shape index (κ3) is 5.08. The van der Waals surface area contributed by atoms with Crippen LogP contribution in [0.3, 0.4) is 0 Å². The Labute approximate surface area is 155 Å². The summed E-state index contributed by atoms with van der Waals surface area (Å²) in [4.78, 5) is 12.3. The number of carbonyl (C=O) groups excluding carboxylic acids is 1. The second kappa shape index (κ2) is 8.36. The Kier molecular flexibility index (Phi) is 6.42. The highest BCUT2D eigenvalue weighted by Gasteiger charge is 2.17. The molecule has 0 aliphatic carbocycles. The number of hydrogen-bond acceptors (Lipinski definition) is 3. The van der Waals surface area contributed by atoms with E-state index in [2.05, 4.69) is 23.9 Å². The smallest absolute Gasteiger partial charge is 0.261 e. The second-order valence-corrected chi connectivity index (χ2v) is 8.38. The van der Waals surface area contributed by atoms with E-state index < -0.39 is 10.0 Å². The first-order valence-electron chi connectivity index (χ1n) is 8.76. The van der Waals surface area contributed by atoms with E-state index in [4.69, 9.17) is 0 Å². The molecule has 0 aliphatic rings. The number of nitrogens with one attached hydrogen (secondary N) is 2. The molecular weight excluding hydrogens is 348 g/mol. The first kappa shape index (κ1) is 20.0. The maximum Gasteiger partial charge on any atom is 0.261 e. The highest BCUT2D eigenvalue weighted by molar-refractivity contribution is 7.92. The molecule has 0 heterocycles. The Balaban J connectivity index is 2.20. The minimum absolute atomic E-state index is 0.0281. The van der Waals surface area contributed by atoms with Crippen molar-refractivity contribution in [2.24, 2.45) is 0 Å². The molecule has 0 bridgehead atoms. The van der Waals surface area contributed by atoms with Crippen LogP contribution < -0.4 is 10.0 Å². The van der Waals surface area contributed by atoms with Gasteiger partial charge >= 0.3 is 0 Å². The molecule has 1 amide bonds. The van der Waals surface area contributed by atoms with Gasteiger partial charge in [-0.3, -0.25) is 9.52 Å². The zero-order valence-corrected chi connectivity index (χ0v) is 16.4. The Bertz CT molecular complexity index is 859. The molecule has 2 aromatic rings. The van der Waals surface area contributed by atoms with E-state index in [0.717, 1.165) is 12.0 Å². The van der Waals surface area contributed by atoms with Crippen molar-refractivity contribution in [1.82, 2.24) is 5.32 Å². The minimum Gasteiger partial charge on any atom is -0.350 e. The molecule has 0 aromatic heterocycles. The molecule has 6 heteroatoms. The van der Waals surface area contributed by atoms with Gasteiger partial charge in [-0.15, -0.1) is 0 Å². The molecule has 0 spiro atoms. The average molecular weight is 375 g/mol. The first-order valence-corrected chi connectivity index (χ1v) is 10.2. The molecule has 2 aromatic carbocycles. The average Bonchev–Trinajstić information content (AvgIpc) is 2.61. The Hall–Kier alpha value is -2.34. The van der Waals surface area contributed by atoms with Crippen molar-refractivity contribution in [3.63, 3.8) is 0 Å². The third-order valence-electron chi connectivity index (χ3n) is 4.23. The summed E-state index contributed by atoms with van der Waals surface area (Å²) in [6, 6.07) is 13.4. The molecule has 1 unspecified atom stereocenters. The lowest BCUT2D eigenvalue weighted by molar-refractivity contribution is 0.0939. The molecule has 26 heavy (non-hydrogen) atoms. The number of rotatable bonds is 7. The maximum absolute atomic E-state index is 12.6. The van der Waals surface area contributed by atoms with Gasteiger partial charge in [0.05, 0.1) is 4.90 Å². The van der Waals surface area contributed by atoms with Crippen molar-refractivity contribution < 1.29 is 13.2 Å². The number of sulfonamides is 1. The molecule has 0 saturated carbocycles. The third-order valence-corrected chi connectivity index (χ3v) is 5.60. The summed E-state index contributed by atoms with van der Waals surface area (Å²) in [5.74, 6) is 0.0963. The molecule has 5 nitrogen and oxygen atoms in total. The molecule has 0 aliphatic heterocycles. The van der Waals surface area contributed by atoms with Crippen LogP contribution in [0.5, 0.6) is 0 Å². The fraction of sp³-hybridized carbons (Fsp3) is 0.350. The van der Waals surface area contributed by atoms with E-state index in [1.54, 1.807) is 24.3 Å². The topological polar surface area (TPSA) is 75.3 Å². The predicted molar refractivity (Wildman–Crippen MR) is 105 cm³/mol. The van der Waals surface area contributed by atoms with Gasteiger partial charge in [-0.1, -0.05) is 39.0 Å². The summed E-state index contributed by atoms with van der Waals surface area (Å²) in [5.41, 5.74) is 1.95. The summed E-state index contributed by atoms with van der Waals surface area (Å²) >= 11 is 0. The molecule has 2 rings (SSSR count). The van der Waals surface area contributed by atoms with Gasteiger partial charge in [0.2, 0.25) is 0 Å². The summed E-state index contributed by atoms with van der Waals surface area (Å²) in [7, 11) is -3.77. The number of anilines is 1. The molecule has 140 valence electrons. The Morgan fingerprint density at radius 2 is 1.69 bits per heavy atom. The number of hydrogen-bond donors (Lipinski definition) is 2. The predicted octanol–water partition coefficient (Wildman–Crippen LogP) is 4.14. The fourth-order valence-corrected chi connectivity index (χ4v) is 3.47. The zero-order valence-electron chi connectivity index (χ0n) is 15.6. The highest BCUT2D eigenvalue weighted by Crippen LogP contribution is 2.20. The lowest BCUT2D eigenvalue weighted by atomic mass is 10.0. The molecule has 0 fully saturated rings. The second-order valence-electron chi connectivity index (χ2n) is 6.69. The van der Waals surface area contributed by atoms with E-state index in [0.29, 0.717) is 17.2 Å². The van der Waals surface area contributed by atoms with Crippen molar-refractivity contribution in [3.05, 3.63) is 59.7 Å². The van der Waals surface area contributed by atoms with E-state index in [9.17, 15) is 13.2 Å². The molecular formula is C20H26N2O3S. The lowest BCUT2D eigenvalue weighted by Gasteiger charge is -2.13. The number of benzene rings is 2. The van der Waals surface area contributed by atoms with Gasteiger partial charge in [-0.25, -0.2) is 8.42 Å². The van der Waals surface area contributed by atoms with Gasteiger partial charge < -0.3 is 5.32 Å². The molecule has 2 N–H and O–H groups in total. The number of amides is 1. The molecule has 0 radical (unpaired) electrons.